The zero-order valence-corrected chi connectivity index (χ0v) is 21.5. The van der Waals surface area contributed by atoms with Gasteiger partial charge in [0.2, 0.25) is 0 Å². The summed E-state index contributed by atoms with van der Waals surface area (Å²) in [5, 5.41) is 0. The van der Waals surface area contributed by atoms with E-state index in [0.717, 1.165) is 11.3 Å². The van der Waals surface area contributed by atoms with Crippen LogP contribution in [-0.2, 0) is 19.1 Å². The highest BCUT2D eigenvalue weighted by molar-refractivity contribution is 7.07. The van der Waals surface area contributed by atoms with E-state index < -0.39 is 23.9 Å². The highest BCUT2D eigenvalue weighted by Gasteiger charge is 2.33. The summed E-state index contributed by atoms with van der Waals surface area (Å²) < 4.78 is 17.5. The third kappa shape index (κ3) is 5.44. The van der Waals surface area contributed by atoms with Crippen LogP contribution in [0.1, 0.15) is 44.9 Å². The van der Waals surface area contributed by atoms with Crippen LogP contribution in [0.25, 0.3) is 6.08 Å². The highest BCUT2D eigenvalue weighted by Crippen LogP contribution is 2.31. The molecule has 0 fully saturated rings. The predicted octanol–water partition coefficient (Wildman–Crippen LogP) is 2.65. The number of para-hydroxylation sites is 1. The molecule has 1 atom stereocenters. The normalized spacial score (nSPS) is 15.0. The molecule has 10 heteroatoms. The van der Waals surface area contributed by atoms with E-state index in [1.807, 2.05) is 0 Å². The van der Waals surface area contributed by atoms with Crippen molar-refractivity contribution in [2.24, 2.45) is 4.99 Å². The third-order valence-electron chi connectivity index (χ3n) is 5.43. The maximum atomic E-state index is 13.7. The van der Waals surface area contributed by atoms with Crippen LogP contribution in [0.5, 0.6) is 11.5 Å². The second-order valence-electron chi connectivity index (χ2n) is 8.10. The Hall–Kier alpha value is -4.31. The monoisotopic (exact) mass is 520 g/mol. The molecule has 4 rings (SSSR count). The fourth-order valence-corrected chi connectivity index (χ4v) is 5.02. The number of ether oxygens (including phenoxy) is 3. The number of thiazole rings is 1. The zero-order valence-electron chi connectivity index (χ0n) is 20.6. The lowest BCUT2D eigenvalue weighted by atomic mass is 9.96. The van der Waals surface area contributed by atoms with Gasteiger partial charge in [-0.25, -0.2) is 9.79 Å². The molecule has 1 aromatic heterocycles. The first-order chi connectivity index (χ1) is 17.7. The number of allylic oxidation sites excluding steroid dienone is 1. The third-order valence-corrected chi connectivity index (χ3v) is 6.42. The lowest BCUT2D eigenvalue weighted by Gasteiger charge is -2.24. The summed E-state index contributed by atoms with van der Waals surface area (Å²) in [6.07, 6.45) is 1.63. The van der Waals surface area contributed by atoms with Crippen molar-refractivity contribution in [3.63, 3.8) is 0 Å². The minimum Gasteiger partial charge on any atom is -0.463 e. The van der Waals surface area contributed by atoms with Crippen LogP contribution in [0.15, 0.2) is 69.6 Å². The standard InChI is InChI=1S/C27H24N2O7S/c1-5-34-26(33)23-15(2)28-27-29(24(23)18-10-12-20(13-11-18)35-16(3)30)25(32)22(37-27)14-19-8-6-7-9-21(19)36-17(4)31/h6-14,24H,5H2,1-4H3/b22-14-/t24-/m1/s1. The molecule has 0 unspecified atom stereocenters. The Labute approximate surface area is 215 Å². The number of rotatable bonds is 6. The second kappa shape index (κ2) is 10.8. The number of hydrogen-bond acceptors (Lipinski definition) is 9. The first kappa shape index (κ1) is 25.8. The lowest BCUT2D eigenvalue weighted by molar-refractivity contribution is -0.139. The maximum absolute atomic E-state index is 13.7. The molecular formula is C27H24N2O7S. The summed E-state index contributed by atoms with van der Waals surface area (Å²) in [6.45, 7) is 6.16. The van der Waals surface area contributed by atoms with Crippen LogP contribution in [0.4, 0.5) is 0 Å². The van der Waals surface area contributed by atoms with E-state index in [9.17, 15) is 19.2 Å². The summed E-state index contributed by atoms with van der Waals surface area (Å²) in [4.78, 5) is 54.5. The van der Waals surface area contributed by atoms with Crippen molar-refractivity contribution in [3.8, 4) is 11.5 Å². The molecule has 190 valence electrons. The van der Waals surface area contributed by atoms with Gasteiger partial charge < -0.3 is 14.2 Å². The van der Waals surface area contributed by atoms with Gasteiger partial charge in [0.1, 0.15) is 11.5 Å². The smallest absolute Gasteiger partial charge is 0.338 e. The molecule has 0 aliphatic carbocycles. The number of benzene rings is 2. The Morgan fingerprint density at radius 3 is 2.35 bits per heavy atom. The van der Waals surface area contributed by atoms with Crippen molar-refractivity contribution >= 4 is 35.3 Å². The predicted molar refractivity (Wildman–Crippen MR) is 136 cm³/mol. The van der Waals surface area contributed by atoms with Crippen molar-refractivity contribution in [3.05, 3.63) is 90.6 Å². The molecular weight excluding hydrogens is 496 g/mol. The van der Waals surface area contributed by atoms with Gasteiger partial charge in [0, 0.05) is 19.4 Å². The lowest BCUT2D eigenvalue weighted by Crippen LogP contribution is -2.39. The molecule has 0 saturated carbocycles. The van der Waals surface area contributed by atoms with Crippen LogP contribution in [0.2, 0.25) is 0 Å². The van der Waals surface area contributed by atoms with Crippen molar-refractivity contribution in [2.45, 2.75) is 33.7 Å². The maximum Gasteiger partial charge on any atom is 0.338 e. The van der Waals surface area contributed by atoms with Gasteiger partial charge >= 0.3 is 17.9 Å². The Morgan fingerprint density at radius 2 is 1.70 bits per heavy atom. The zero-order chi connectivity index (χ0) is 26.7. The molecule has 2 heterocycles. The van der Waals surface area contributed by atoms with Crippen LogP contribution in [-0.4, -0.2) is 29.1 Å². The van der Waals surface area contributed by atoms with Gasteiger partial charge in [-0.2, -0.15) is 0 Å². The molecule has 1 aliphatic rings. The quantitative estimate of drug-likeness (QED) is 0.363. The first-order valence-corrected chi connectivity index (χ1v) is 12.3. The first-order valence-electron chi connectivity index (χ1n) is 11.4. The molecule has 2 aromatic carbocycles. The summed E-state index contributed by atoms with van der Waals surface area (Å²) in [5.74, 6) is -0.856. The van der Waals surface area contributed by atoms with Gasteiger partial charge in [-0.3, -0.25) is 19.0 Å². The average Bonchev–Trinajstić information content (AvgIpc) is 3.14. The molecule has 0 radical (unpaired) electrons. The van der Waals surface area contributed by atoms with Gasteiger partial charge in [0.25, 0.3) is 5.56 Å². The SMILES string of the molecule is CCOC(=O)C1=C(C)N=c2s/c(=C\c3ccccc3OC(C)=O)c(=O)n2[C@@H]1c1ccc(OC(C)=O)cc1. The molecule has 9 nitrogen and oxygen atoms in total. The number of fused-ring (bicyclic) bond motifs is 1. The van der Waals surface area contributed by atoms with Crippen molar-refractivity contribution < 1.29 is 28.6 Å². The molecule has 0 saturated heterocycles. The van der Waals surface area contributed by atoms with E-state index >= 15 is 0 Å². The summed E-state index contributed by atoms with van der Waals surface area (Å²) >= 11 is 1.16. The van der Waals surface area contributed by atoms with Crippen molar-refractivity contribution in [2.75, 3.05) is 6.61 Å². The molecule has 0 amide bonds. The molecule has 3 aromatic rings. The number of aromatic nitrogens is 1. The van der Waals surface area contributed by atoms with E-state index in [1.54, 1.807) is 68.5 Å². The van der Waals surface area contributed by atoms with Crippen LogP contribution >= 0.6 is 11.3 Å². The summed E-state index contributed by atoms with van der Waals surface area (Å²) in [5.41, 5.74) is 1.46. The average molecular weight is 521 g/mol. The number of carbonyl (C=O) groups excluding carboxylic acids is 3. The Balaban J connectivity index is 1.91. The number of nitrogens with zero attached hydrogens (tertiary/aromatic N) is 2. The van der Waals surface area contributed by atoms with Crippen LogP contribution < -0.4 is 24.4 Å². The minimum absolute atomic E-state index is 0.158. The Morgan fingerprint density at radius 1 is 1.03 bits per heavy atom. The second-order valence-corrected chi connectivity index (χ2v) is 9.11. The topological polar surface area (TPSA) is 113 Å². The molecule has 37 heavy (non-hydrogen) atoms. The van der Waals surface area contributed by atoms with E-state index in [2.05, 4.69) is 4.99 Å². The molecule has 1 aliphatic heterocycles. The molecule has 0 spiro atoms. The minimum atomic E-state index is -0.812. The highest BCUT2D eigenvalue weighted by atomic mass is 32.1. The summed E-state index contributed by atoms with van der Waals surface area (Å²) in [6, 6.07) is 12.6. The van der Waals surface area contributed by atoms with E-state index in [1.165, 1.54) is 18.4 Å². The Bertz CT molecular complexity index is 1600. The molecule has 0 bridgehead atoms. The van der Waals surface area contributed by atoms with Gasteiger partial charge in [-0.1, -0.05) is 41.7 Å². The number of carbonyl (C=O) groups is 3. The fourth-order valence-electron chi connectivity index (χ4n) is 3.98. The van der Waals surface area contributed by atoms with Gasteiger partial charge in [0.15, 0.2) is 4.80 Å². The van der Waals surface area contributed by atoms with Gasteiger partial charge in [0.05, 0.1) is 28.5 Å². The largest absolute Gasteiger partial charge is 0.463 e. The number of hydrogen-bond donors (Lipinski definition) is 0. The van der Waals surface area contributed by atoms with Crippen LogP contribution in [0, 0.1) is 0 Å². The fraction of sp³-hybridized carbons (Fsp3) is 0.222. The van der Waals surface area contributed by atoms with Crippen LogP contribution in [0.3, 0.4) is 0 Å². The van der Waals surface area contributed by atoms with Crippen molar-refractivity contribution in [1.82, 2.24) is 4.57 Å². The Kier molecular flexibility index (Phi) is 7.49. The van der Waals surface area contributed by atoms with Gasteiger partial charge in [-0.15, -0.1) is 0 Å². The van der Waals surface area contributed by atoms with Gasteiger partial charge in [-0.05, 0) is 43.7 Å². The van der Waals surface area contributed by atoms with Crippen molar-refractivity contribution in [1.29, 1.82) is 0 Å². The van der Waals surface area contributed by atoms with E-state index in [-0.39, 0.29) is 17.7 Å². The summed E-state index contributed by atoms with van der Waals surface area (Å²) in [7, 11) is 0. The number of esters is 3. The molecule has 0 N–H and O–H groups in total. The van der Waals surface area contributed by atoms with E-state index in [0.29, 0.717) is 37.7 Å². The van der Waals surface area contributed by atoms with E-state index in [4.69, 9.17) is 14.2 Å².